The third-order valence-electron chi connectivity index (χ3n) is 5.73. The van der Waals surface area contributed by atoms with Crippen LogP contribution in [-0.4, -0.2) is 40.1 Å². The molecule has 9 heteroatoms. The fraction of sp³-hybridized carbons (Fsp3) is 0.208. The zero-order valence-corrected chi connectivity index (χ0v) is 18.4. The molecule has 2 aromatic carbocycles. The fourth-order valence-corrected chi connectivity index (χ4v) is 4.83. The Kier molecular flexibility index (Phi) is 5.47. The zero-order chi connectivity index (χ0) is 22.9. The Morgan fingerprint density at radius 3 is 2.58 bits per heavy atom. The Morgan fingerprint density at radius 1 is 1.06 bits per heavy atom. The molecule has 0 unspecified atom stereocenters. The van der Waals surface area contributed by atoms with Crippen molar-refractivity contribution in [3.63, 3.8) is 0 Å². The molecule has 166 valence electrons. The van der Waals surface area contributed by atoms with E-state index < -0.39 is 0 Å². The highest BCUT2D eigenvalue weighted by atomic mass is 32.1. The molecule has 3 heterocycles. The Morgan fingerprint density at radius 2 is 1.82 bits per heavy atom. The lowest BCUT2D eigenvalue weighted by atomic mass is 10.0. The van der Waals surface area contributed by atoms with Gasteiger partial charge in [0.15, 0.2) is 5.13 Å². The van der Waals surface area contributed by atoms with Gasteiger partial charge in [0.2, 0.25) is 5.91 Å². The molecular weight excluding hydrogens is 440 g/mol. The highest BCUT2D eigenvalue weighted by Gasteiger charge is 2.34. The summed E-state index contributed by atoms with van der Waals surface area (Å²) in [5.74, 6) is -0.863. The van der Waals surface area contributed by atoms with Crippen molar-refractivity contribution in [2.24, 2.45) is 0 Å². The Hall–Kier alpha value is -3.85. The largest absolute Gasteiger partial charge is 0.326 e. The molecule has 0 radical (unpaired) electrons. The first-order valence-corrected chi connectivity index (χ1v) is 11.5. The molecule has 0 bridgehead atoms. The van der Waals surface area contributed by atoms with E-state index in [1.165, 1.54) is 16.2 Å². The van der Waals surface area contributed by atoms with Crippen molar-refractivity contribution in [2.45, 2.75) is 25.7 Å². The van der Waals surface area contributed by atoms with E-state index in [2.05, 4.69) is 15.6 Å². The van der Waals surface area contributed by atoms with Gasteiger partial charge in [0.25, 0.3) is 17.7 Å². The van der Waals surface area contributed by atoms with Crippen LogP contribution in [-0.2, 0) is 17.6 Å². The standard InChI is InChI=1S/C24H20N4O4S/c29-20-7-3-4-14-12-15(8-9-19(14)26-20)21(30)27-24-25-13-16(33-24)10-11-28-22(31)17-5-1-2-6-18(17)23(28)32/h1-2,5-6,8-9,12-13H,3-4,7,10-11H2,(H,26,29)(H,25,27,30). The Labute approximate surface area is 193 Å². The van der Waals surface area contributed by atoms with Crippen LogP contribution in [0.15, 0.2) is 48.7 Å². The number of imide groups is 1. The van der Waals surface area contributed by atoms with Gasteiger partial charge in [-0.2, -0.15) is 0 Å². The van der Waals surface area contributed by atoms with Crippen LogP contribution in [0.4, 0.5) is 10.8 Å². The van der Waals surface area contributed by atoms with Crippen molar-refractivity contribution in [3.05, 3.63) is 75.8 Å². The van der Waals surface area contributed by atoms with E-state index in [9.17, 15) is 19.2 Å². The van der Waals surface area contributed by atoms with E-state index in [0.29, 0.717) is 34.7 Å². The molecule has 0 fully saturated rings. The predicted octanol–water partition coefficient (Wildman–Crippen LogP) is 3.51. The number of fused-ring (bicyclic) bond motifs is 2. The molecule has 0 atom stereocenters. The van der Waals surface area contributed by atoms with Gasteiger partial charge in [-0.25, -0.2) is 4.98 Å². The summed E-state index contributed by atoms with van der Waals surface area (Å²) in [7, 11) is 0. The molecule has 1 aromatic heterocycles. The van der Waals surface area contributed by atoms with Crippen molar-refractivity contribution in [1.29, 1.82) is 0 Å². The molecule has 2 N–H and O–H groups in total. The third-order valence-corrected chi connectivity index (χ3v) is 6.70. The van der Waals surface area contributed by atoms with Crippen LogP contribution in [0.2, 0.25) is 0 Å². The number of benzene rings is 2. The summed E-state index contributed by atoms with van der Waals surface area (Å²) in [6, 6.07) is 12.0. The number of nitrogens with zero attached hydrogens (tertiary/aromatic N) is 2. The number of nitrogens with one attached hydrogen (secondary N) is 2. The summed E-state index contributed by atoms with van der Waals surface area (Å²) in [6.07, 6.45) is 4.04. The number of hydrogen-bond acceptors (Lipinski definition) is 6. The SMILES string of the molecule is O=C1CCCc2cc(C(=O)Nc3ncc(CCN4C(=O)c5ccccc5C4=O)s3)ccc2N1. The smallest absolute Gasteiger partial charge is 0.261 e. The van der Waals surface area contributed by atoms with Gasteiger partial charge in [-0.15, -0.1) is 11.3 Å². The number of thiazole rings is 1. The highest BCUT2D eigenvalue weighted by Crippen LogP contribution is 2.26. The summed E-state index contributed by atoms with van der Waals surface area (Å²) in [4.78, 5) is 55.7. The van der Waals surface area contributed by atoms with E-state index in [4.69, 9.17) is 0 Å². The Balaban J connectivity index is 1.22. The number of amides is 4. The lowest BCUT2D eigenvalue weighted by Gasteiger charge is -2.12. The molecule has 2 aliphatic heterocycles. The maximum atomic E-state index is 12.7. The first-order valence-electron chi connectivity index (χ1n) is 10.6. The van der Waals surface area contributed by atoms with Gasteiger partial charge in [0.05, 0.1) is 11.1 Å². The topological polar surface area (TPSA) is 108 Å². The van der Waals surface area contributed by atoms with Crippen molar-refractivity contribution in [1.82, 2.24) is 9.88 Å². The van der Waals surface area contributed by atoms with E-state index in [0.717, 1.165) is 29.0 Å². The lowest BCUT2D eigenvalue weighted by Crippen LogP contribution is -2.31. The van der Waals surface area contributed by atoms with Crippen LogP contribution in [0, 0.1) is 0 Å². The quantitative estimate of drug-likeness (QED) is 0.567. The second kappa shape index (κ2) is 8.59. The van der Waals surface area contributed by atoms with E-state index in [1.807, 2.05) is 0 Å². The number of carbonyl (C=O) groups is 4. The number of hydrogen-bond donors (Lipinski definition) is 2. The molecule has 0 saturated heterocycles. The normalized spacial score (nSPS) is 15.0. The molecule has 33 heavy (non-hydrogen) atoms. The molecule has 0 saturated carbocycles. The van der Waals surface area contributed by atoms with Crippen LogP contribution in [0.25, 0.3) is 0 Å². The summed E-state index contributed by atoms with van der Waals surface area (Å²) in [5, 5.41) is 6.11. The number of anilines is 2. The molecule has 5 rings (SSSR count). The number of carbonyl (C=O) groups excluding carboxylic acids is 4. The first-order chi connectivity index (χ1) is 16.0. The second-order valence-corrected chi connectivity index (χ2v) is 9.03. The molecular formula is C24H20N4O4S. The minimum absolute atomic E-state index is 0.0116. The van der Waals surface area contributed by atoms with Gasteiger partial charge in [0.1, 0.15) is 0 Å². The van der Waals surface area contributed by atoms with E-state index in [-0.39, 0.29) is 30.2 Å². The minimum Gasteiger partial charge on any atom is -0.326 e. The number of rotatable bonds is 5. The summed E-state index contributed by atoms with van der Waals surface area (Å²) >= 11 is 1.31. The molecule has 2 aliphatic rings. The van der Waals surface area contributed by atoms with Gasteiger partial charge in [-0.1, -0.05) is 12.1 Å². The first kappa shape index (κ1) is 21.0. The van der Waals surface area contributed by atoms with Gasteiger partial charge in [0, 0.05) is 41.7 Å². The highest BCUT2D eigenvalue weighted by molar-refractivity contribution is 7.15. The van der Waals surface area contributed by atoms with Gasteiger partial charge in [-0.3, -0.25) is 29.4 Å². The average Bonchev–Trinajstić information content (AvgIpc) is 3.28. The summed E-state index contributed by atoms with van der Waals surface area (Å²) in [5.41, 5.74) is 3.04. The lowest BCUT2D eigenvalue weighted by molar-refractivity contribution is -0.116. The van der Waals surface area contributed by atoms with Crippen LogP contribution in [0.1, 0.15) is 54.4 Å². The van der Waals surface area contributed by atoms with Crippen LogP contribution in [0.3, 0.4) is 0 Å². The van der Waals surface area contributed by atoms with Crippen LogP contribution < -0.4 is 10.6 Å². The Bertz CT molecular complexity index is 1260. The molecule has 0 aliphatic carbocycles. The molecule has 4 amide bonds. The second-order valence-electron chi connectivity index (χ2n) is 7.92. The summed E-state index contributed by atoms with van der Waals surface area (Å²) in [6.45, 7) is 0.248. The van der Waals surface area contributed by atoms with Gasteiger partial charge >= 0.3 is 0 Å². The fourth-order valence-electron chi connectivity index (χ4n) is 4.03. The van der Waals surface area contributed by atoms with Gasteiger partial charge < -0.3 is 5.32 Å². The van der Waals surface area contributed by atoms with Gasteiger partial charge in [-0.05, 0) is 48.7 Å². The summed E-state index contributed by atoms with van der Waals surface area (Å²) < 4.78 is 0. The van der Waals surface area contributed by atoms with Crippen LogP contribution in [0.5, 0.6) is 0 Å². The van der Waals surface area contributed by atoms with E-state index in [1.54, 1.807) is 48.7 Å². The van der Waals surface area contributed by atoms with Crippen molar-refractivity contribution in [2.75, 3.05) is 17.2 Å². The van der Waals surface area contributed by atoms with E-state index >= 15 is 0 Å². The van der Waals surface area contributed by atoms with Crippen molar-refractivity contribution in [3.8, 4) is 0 Å². The van der Waals surface area contributed by atoms with Crippen molar-refractivity contribution < 1.29 is 19.2 Å². The number of aromatic nitrogens is 1. The monoisotopic (exact) mass is 460 g/mol. The molecule has 3 aromatic rings. The maximum absolute atomic E-state index is 12.7. The van der Waals surface area contributed by atoms with Crippen molar-refractivity contribution >= 4 is 45.8 Å². The maximum Gasteiger partial charge on any atom is 0.261 e. The minimum atomic E-state index is -0.284. The molecule has 8 nitrogen and oxygen atoms in total. The zero-order valence-electron chi connectivity index (χ0n) is 17.6. The number of aryl methyl sites for hydroxylation is 1. The molecule has 0 spiro atoms. The average molecular weight is 461 g/mol. The predicted molar refractivity (Wildman–Crippen MR) is 124 cm³/mol. The third kappa shape index (κ3) is 4.14. The van der Waals surface area contributed by atoms with Crippen LogP contribution >= 0.6 is 11.3 Å².